The molecular weight excluding hydrogens is 423 g/mol. The van der Waals surface area contributed by atoms with Crippen LogP contribution in [0, 0.1) is 5.82 Å². The van der Waals surface area contributed by atoms with Crippen LogP contribution in [0.25, 0.3) is 5.69 Å². The maximum atomic E-state index is 14.9. The number of ether oxygens (including phenoxy) is 1. The van der Waals surface area contributed by atoms with Crippen molar-refractivity contribution in [2.24, 2.45) is 0 Å². The van der Waals surface area contributed by atoms with Gasteiger partial charge in [-0.15, -0.1) is 0 Å². The van der Waals surface area contributed by atoms with Gasteiger partial charge >= 0.3 is 0 Å². The van der Waals surface area contributed by atoms with Crippen LogP contribution < -0.4 is 15.0 Å². The summed E-state index contributed by atoms with van der Waals surface area (Å²) in [5.41, 5.74) is 3.19. The number of halogens is 1. The normalized spacial score (nSPS) is 17.9. The molecule has 5 rings (SSSR count). The Balaban J connectivity index is 1.66. The Morgan fingerprint density at radius 3 is 2.47 bits per heavy atom. The van der Waals surface area contributed by atoms with Crippen molar-refractivity contribution in [2.45, 2.75) is 12.1 Å². The van der Waals surface area contributed by atoms with Gasteiger partial charge in [-0.3, -0.25) is 4.98 Å². The van der Waals surface area contributed by atoms with Crippen molar-refractivity contribution in [1.29, 1.82) is 0 Å². The number of para-hydroxylation sites is 1. The van der Waals surface area contributed by atoms with E-state index in [-0.39, 0.29) is 17.9 Å². The first kappa shape index (κ1) is 20.2. The molecule has 1 aliphatic heterocycles. The van der Waals surface area contributed by atoms with E-state index in [4.69, 9.17) is 17.0 Å². The van der Waals surface area contributed by atoms with Crippen molar-refractivity contribution >= 4 is 23.0 Å². The smallest absolute Gasteiger partial charge is 0.174 e. The topological polar surface area (TPSA) is 42.3 Å². The minimum atomic E-state index is -0.328. The summed E-state index contributed by atoms with van der Waals surface area (Å²) in [6, 6.07) is 23.7. The first-order valence-corrected chi connectivity index (χ1v) is 10.6. The van der Waals surface area contributed by atoms with Gasteiger partial charge in [0.1, 0.15) is 17.6 Å². The van der Waals surface area contributed by atoms with Gasteiger partial charge in [-0.1, -0.05) is 18.2 Å². The minimum absolute atomic E-state index is 0.254. The molecule has 0 bridgehead atoms. The Bertz CT molecular complexity index is 1240. The molecule has 1 saturated heterocycles. The number of hydrogen-bond donors (Lipinski definition) is 1. The van der Waals surface area contributed by atoms with Gasteiger partial charge in [0, 0.05) is 23.8 Å². The molecule has 2 unspecified atom stereocenters. The molecule has 0 amide bonds. The number of methoxy groups -OCH3 is 1. The number of rotatable bonds is 5. The largest absolute Gasteiger partial charge is 0.497 e. The number of thiocarbonyl (C=S) groups is 1. The van der Waals surface area contributed by atoms with Crippen molar-refractivity contribution < 1.29 is 9.13 Å². The van der Waals surface area contributed by atoms with Gasteiger partial charge in [0.25, 0.3) is 0 Å². The Kier molecular flexibility index (Phi) is 5.33. The number of pyridine rings is 1. The highest BCUT2D eigenvalue weighted by Crippen LogP contribution is 2.42. The average Bonchev–Trinajstić information content (AvgIpc) is 3.44. The molecule has 0 saturated carbocycles. The molecule has 2 aromatic heterocycles. The molecule has 7 heteroatoms. The van der Waals surface area contributed by atoms with Gasteiger partial charge in [0.05, 0.1) is 24.5 Å². The summed E-state index contributed by atoms with van der Waals surface area (Å²) in [4.78, 5) is 6.41. The van der Waals surface area contributed by atoms with Gasteiger partial charge < -0.3 is 19.5 Å². The van der Waals surface area contributed by atoms with Crippen LogP contribution in [-0.2, 0) is 0 Å². The zero-order chi connectivity index (χ0) is 22.1. The third-order valence-corrected chi connectivity index (χ3v) is 5.96. The number of anilines is 1. The first-order valence-electron chi connectivity index (χ1n) is 10.2. The van der Waals surface area contributed by atoms with Crippen LogP contribution in [0.4, 0.5) is 10.1 Å². The van der Waals surface area contributed by atoms with Crippen LogP contribution in [0.5, 0.6) is 5.75 Å². The quantitative estimate of drug-likeness (QED) is 0.429. The molecule has 5 nitrogen and oxygen atoms in total. The summed E-state index contributed by atoms with van der Waals surface area (Å²) >= 11 is 5.70. The van der Waals surface area contributed by atoms with Gasteiger partial charge in [-0.25, -0.2) is 4.39 Å². The predicted molar refractivity (Wildman–Crippen MR) is 127 cm³/mol. The monoisotopic (exact) mass is 444 g/mol. The van der Waals surface area contributed by atoms with Crippen LogP contribution in [-0.4, -0.2) is 21.8 Å². The van der Waals surface area contributed by atoms with Crippen molar-refractivity contribution in [3.8, 4) is 11.4 Å². The van der Waals surface area contributed by atoms with E-state index in [0.29, 0.717) is 10.8 Å². The number of hydrogen-bond acceptors (Lipinski definition) is 3. The molecular formula is C25H21FN4OS. The fourth-order valence-electron chi connectivity index (χ4n) is 4.18. The minimum Gasteiger partial charge on any atom is -0.497 e. The van der Waals surface area contributed by atoms with Gasteiger partial charge in [-0.05, 0) is 72.9 Å². The van der Waals surface area contributed by atoms with Gasteiger partial charge in [0.2, 0.25) is 0 Å². The second kappa shape index (κ2) is 8.43. The first-order chi connectivity index (χ1) is 15.7. The van der Waals surface area contributed by atoms with E-state index in [0.717, 1.165) is 22.8 Å². The molecule has 1 fully saturated rings. The average molecular weight is 445 g/mol. The zero-order valence-electron chi connectivity index (χ0n) is 17.4. The Morgan fingerprint density at radius 1 is 0.969 bits per heavy atom. The fraction of sp³-hybridized carbons (Fsp3) is 0.120. The maximum Gasteiger partial charge on any atom is 0.174 e. The SMILES string of the molecule is COc1ccc(-n2cccc2C2C(c3ccccn3)NC(=S)N2c2ccccc2F)cc1. The molecule has 2 aromatic carbocycles. The number of aromatic nitrogens is 2. The molecule has 3 heterocycles. The summed E-state index contributed by atoms with van der Waals surface area (Å²) in [6.45, 7) is 0. The van der Waals surface area contributed by atoms with Crippen LogP contribution in [0.3, 0.4) is 0 Å². The highest BCUT2D eigenvalue weighted by atomic mass is 32.1. The summed E-state index contributed by atoms with van der Waals surface area (Å²) in [7, 11) is 1.64. The molecule has 32 heavy (non-hydrogen) atoms. The second-order valence-electron chi connectivity index (χ2n) is 7.45. The molecule has 2 atom stereocenters. The van der Waals surface area contributed by atoms with Crippen molar-refractivity contribution in [3.63, 3.8) is 0 Å². The number of benzene rings is 2. The molecule has 0 radical (unpaired) electrons. The second-order valence-corrected chi connectivity index (χ2v) is 7.84. The van der Waals surface area contributed by atoms with Crippen molar-refractivity contribution in [2.75, 3.05) is 12.0 Å². The van der Waals surface area contributed by atoms with E-state index in [2.05, 4.69) is 14.9 Å². The highest BCUT2D eigenvalue weighted by molar-refractivity contribution is 7.80. The standard InChI is InChI=1S/C25H21FN4OS/c1-31-18-13-11-17(12-14-18)29-16-6-10-22(29)24-23(20-8-4-5-15-27-20)28-25(32)30(24)21-9-3-2-7-19(21)26/h2-16,23-24H,1H3,(H,28,32). The molecule has 1 aliphatic rings. The number of nitrogens with zero attached hydrogens (tertiary/aromatic N) is 3. The highest BCUT2D eigenvalue weighted by Gasteiger charge is 2.42. The van der Waals surface area contributed by atoms with Gasteiger partial charge in [0.15, 0.2) is 5.11 Å². The van der Waals surface area contributed by atoms with Crippen molar-refractivity contribution in [1.82, 2.24) is 14.9 Å². The van der Waals surface area contributed by atoms with Crippen molar-refractivity contribution in [3.05, 3.63) is 108 Å². The zero-order valence-corrected chi connectivity index (χ0v) is 18.2. The summed E-state index contributed by atoms with van der Waals surface area (Å²) in [6.07, 6.45) is 3.75. The fourth-order valence-corrected chi connectivity index (χ4v) is 4.51. The molecule has 0 spiro atoms. The Hall–Kier alpha value is -3.71. The lowest BCUT2D eigenvalue weighted by molar-refractivity contribution is 0.414. The van der Waals surface area contributed by atoms with E-state index >= 15 is 0 Å². The Labute approximate surface area is 191 Å². The third kappa shape index (κ3) is 3.50. The van der Waals surface area contributed by atoms with Crippen LogP contribution >= 0.6 is 12.2 Å². The summed E-state index contributed by atoms with van der Waals surface area (Å²) in [5.74, 6) is 0.455. The number of nitrogens with one attached hydrogen (secondary N) is 1. The Morgan fingerprint density at radius 2 is 1.75 bits per heavy atom. The summed E-state index contributed by atoms with van der Waals surface area (Å²) < 4.78 is 22.3. The maximum absolute atomic E-state index is 14.9. The van der Waals surface area contributed by atoms with Crippen LogP contribution in [0.1, 0.15) is 23.5 Å². The lowest BCUT2D eigenvalue weighted by atomic mass is 10.0. The van der Waals surface area contributed by atoms with E-state index in [1.165, 1.54) is 6.07 Å². The molecule has 1 N–H and O–H groups in total. The van der Waals surface area contributed by atoms with E-state index in [1.54, 1.807) is 25.4 Å². The van der Waals surface area contributed by atoms with Gasteiger partial charge in [-0.2, -0.15) is 0 Å². The van der Waals surface area contributed by atoms with E-state index in [1.807, 2.05) is 71.8 Å². The van der Waals surface area contributed by atoms with Crippen LogP contribution in [0.15, 0.2) is 91.3 Å². The van der Waals surface area contributed by atoms with E-state index < -0.39 is 0 Å². The lowest BCUT2D eigenvalue weighted by Crippen LogP contribution is -2.31. The summed E-state index contributed by atoms with van der Waals surface area (Å²) in [5, 5.41) is 3.83. The third-order valence-electron chi connectivity index (χ3n) is 5.64. The molecule has 160 valence electrons. The molecule has 0 aliphatic carbocycles. The van der Waals surface area contributed by atoms with E-state index in [9.17, 15) is 4.39 Å². The lowest BCUT2D eigenvalue weighted by Gasteiger charge is -2.29. The van der Waals surface area contributed by atoms with Crippen LogP contribution in [0.2, 0.25) is 0 Å². The predicted octanol–water partition coefficient (Wildman–Crippen LogP) is 5.20. The molecule has 4 aromatic rings.